The molecule has 10 nitrogen and oxygen atoms in total. The van der Waals surface area contributed by atoms with Gasteiger partial charge in [-0.05, 0) is 56.2 Å². The van der Waals surface area contributed by atoms with Crippen LogP contribution in [0.5, 0.6) is 0 Å². The minimum atomic E-state index is -0.0183. The van der Waals surface area contributed by atoms with Crippen molar-refractivity contribution < 1.29 is 4.79 Å². The highest BCUT2D eigenvalue weighted by Crippen LogP contribution is 2.24. The van der Waals surface area contributed by atoms with Crippen LogP contribution in [0.15, 0.2) is 42.7 Å². The molecule has 5 rings (SSSR count). The first kappa shape index (κ1) is 18.2. The molecule has 0 radical (unpaired) electrons. The van der Waals surface area contributed by atoms with Gasteiger partial charge in [0.25, 0.3) is 0 Å². The van der Waals surface area contributed by atoms with Crippen LogP contribution in [0, 0.1) is 12.8 Å². The van der Waals surface area contributed by atoms with E-state index >= 15 is 0 Å². The molecule has 0 unspecified atom stereocenters. The summed E-state index contributed by atoms with van der Waals surface area (Å²) in [5.74, 6) is 2.33. The maximum Gasteiger partial charge on any atom is 0.227 e. The number of aromatic amines is 1. The molecule has 30 heavy (non-hydrogen) atoms. The van der Waals surface area contributed by atoms with Crippen LogP contribution in [0.2, 0.25) is 0 Å². The first-order valence-electron chi connectivity index (χ1n) is 9.88. The lowest BCUT2D eigenvalue weighted by atomic mass is 9.95. The van der Waals surface area contributed by atoms with E-state index in [9.17, 15) is 4.79 Å². The average Bonchev–Trinajstić information content (AvgIpc) is 3.42. The average molecular weight is 403 g/mol. The highest BCUT2D eigenvalue weighted by atomic mass is 16.1. The van der Waals surface area contributed by atoms with E-state index in [0.717, 1.165) is 54.5 Å². The van der Waals surface area contributed by atoms with Gasteiger partial charge in [0.2, 0.25) is 5.91 Å². The molecule has 0 atom stereocenters. The van der Waals surface area contributed by atoms with Crippen LogP contribution < -0.4 is 10.2 Å². The van der Waals surface area contributed by atoms with E-state index in [4.69, 9.17) is 0 Å². The van der Waals surface area contributed by atoms with E-state index < -0.39 is 0 Å². The maximum atomic E-state index is 12.7. The van der Waals surface area contributed by atoms with Crippen molar-refractivity contribution in [2.75, 3.05) is 23.3 Å². The van der Waals surface area contributed by atoms with Gasteiger partial charge in [-0.3, -0.25) is 9.89 Å². The number of carbonyl (C=O) groups is 1. The Balaban J connectivity index is 1.18. The number of aromatic nitrogens is 7. The molecule has 1 aliphatic heterocycles. The summed E-state index contributed by atoms with van der Waals surface area (Å²) < 4.78 is 1.66. The zero-order valence-corrected chi connectivity index (χ0v) is 16.5. The highest BCUT2D eigenvalue weighted by Gasteiger charge is 2.26. The first-order valence-corrected chi connectivity index (χ1v) is 9.88. The van der Waals surface area contributed by atoms with Crippen LogP contribution in [0.4, 0.5) is 11.5 Å². The van der Waals surface area contributed by atoms with Gasteiger partial charge in [0.15, 0.2) is 11.5 Å². The second kappa shape index (κ2) is 7.54. The van der Waals surface area contributed by atoms with Gasteiger partial charge in [-0.25, -0.2) is 4.98 Å². The van der Waals surface area contributed by atoms with Crippen LogP contribution in [-0.2, 0) is 4.79 Å². The second-order valence-electron chi connectivity index (χ2n) is 7.40. The molecule has 3 aromatic heterocycles. The Bertz CT molecular complexity index is 1170. The third-order valence-electron chi connectivity index (χ3n) is 5.35. The number of amides is 1. The zero-order valence-electron chi connectivity index (χ0n) is 16.5. The van der Waals surface area contributed by atoms with E-state index in [2.05, 4.69) is 40.7 Å². The highest BCUT2D eigenvalue weighted by molar-refractivity contribution is 5.92. The van der Waals surface area contributed by atoms with Gasteiger partial charge in [0.05, 0.1) is 0 Å². The Labute approximate surface area is 172 Å². The number of anilines is 2. The summed E-state index contributed by atoms with van der Waals surface area (Å²) in [7, 11) is 0. The predicted octanol–water partition coefficient (Wildman–Crippen LogP) is 2.07. The lowest BCUT2D eigenvalue weighted by Gasteiger charge is -2.32. The van der Waals surface area contributed by atoms with Gasteiger partial charge >= 0.3 is 0 Å². The van der Waals surface area contributed by atoms with Crippen molar-refractivity contribution in [3.05, 3.63) is 48.5 Å². The Morgan fingerprint density at radius 1 is 1.13 bits per heavy atom. The Morgan fingerprint density at radius 3 is 2.67 bits per heavy atom. The van der Waals surface area contributed by atoms with Gasteiger partial charge in [0.1, 0.15) is 18.0 Å². The molecule has 1 fully saturated rings. The molecule has 0 saturated carbocycles. The third-order valence-corrected chi connectivity index (χ3v) is 5.35. The van der Waals surface area contributed by atoms with Gasteiger partial charge < -0.3 is 10.2 Å². The number of nitrogens with one attached hydrogen (secondary N) is 2. The van der Waals surface area contributed by atoms with E-state index in [1.807, 2.05) is 43.3 Å². The summed E-state index contributed by atoms with van der Waals surface area (Å²) in [5, 5.41) is 22.4. The number of benzene rings is 1. The van der Waals surface area contributed by atoms with Crippen molar-refractivity contribution in [3.8, 4) is 11.4 Å². The van der Waals surface area contributed by atoms with Crippen molar-refractivity contribution in [3.63, 3.8) is 0 Å². The summed E-state index contributed by atoms with van der Waals surface area (Å²) in [4.78, 5) is 19.2. The lowest BCUT2D eigenvalue weighted by Crippen LogP contribution is -2.38. The number of hydrogen-bond donors (Lipinski definition) is 2. The SMILES string of the molecule is Cc1nc(-c2ccc(NC(=O)C3CCN(c4ccc5nncn5n4)CC3)cc2)n[nH]1. The monoisotopic (exact) mass is 403 g/mol. The molecular weight excluding hydrogens is 382 g/mol. The van der Waals surface area contributed by atoms with Crippen molar-refractivity contribution >= 4 is 23.1 Å². The number of fused-ring (bicyclic) bond motifs is 1. The third kappa shape index (κ3) is 3.59. The molecule has 152 valence electrons. The normalized spacial score (nSPS) is 14.9. The van der Waals surface area contributed by atoms with Crippen LogP contribution >= 0.6 is 0 Å². The first-order chi connectivity index (χ1) is 14.7. The Hall–Kier alpha value is -3.82. The molecule has 1 aromatic carbocycles. The number of aryl methyl sites for hydroxylation is 1. The van der Waals surface area contributed by atoms with Crippen LogP contribution in [-0.4, -0.2) is 54.0 Å². The predicted molar refractivity (Wildman–Crippen MR) is 111 cm³/mol. The molecule has 1 aliphatic rings. The molecule has 2 N–H and O–H groups in total. The fourth-order valence-electron chi connectivity index (χ4n) is 3.68. The quantitative estimate of drug-likeness (QED) is 0.536. The molecule has 1 amide bonds. The van der Waals surface area contributed by atoms with Gasteiger partial charge in [-0.15, -0.1) is 15.3 Å². The second-order valence-corrected chi connectivity index (χ2v) is 7.40. The molecule has 0 spiro atoms. The van der Waals surface area contributed by atoms with E-state index in [1.54, 1.807) is 10.8 Å². The van der Waals surface area contributed by atoms with Crippen LogP contribution in [0.1, 0.15) is 18.7 Å². The minimum Gasteiger partial charge on any atom is -0.355 e. The fraction of sp³-hybridized carbons (Fsp3) is 0.300. The fourth-order valence-corrected chi connectivity index (χ4v) is 3.68. The van der Waals surface area contributed by atoms with Gasteiger partial charge in [-0.2, -0.15) is 9.61 Å². The van der Waals surface area contributed by atoms with Crippen molar-refractivity contribution in [2.24, 2.45) is 5.92 Å². The number of piperidine rings is 1. The molecule has 10 heteroatoms. The largest absolute Gasteiger partial charge is 0.355 e. The topological polar surface area (TPSA) is 117 Å². The lowest BCUT2D eigenvalue weighted by molar-refractivity contribution is -0.120. The minimum absolute atomic E-state index is 0.0183. The summed E-state index contributed by atoms with van der Waals surface area (Å²) in [6, 6.07) is 11.4. The summed E-state index contributed by atoms with van der Waals surface area (Å²) in [6.45, 7) is 3.42. The Kier molecular flexibility index (Phi) is 4.58. The van der Waals surface area contributed by atoms with Crippen molar-refractivity contribution in [2.45, 2.75) is 19.8 Å². The zero-order chi connectivity index (χ0) is 20.5. The van der Waals surface area contributed by atoms with E-state index in [-0.39, 0.29) is 11.8 Å². The number of H-pyrrole nitrogens is 1. The van der Waals surface area contributed by atoms with E-state index in [0.29, 0.717) is 5.82 Å². The summed E-state index contributed by atoms with van der Waals surface area (Å²) in [5.41, 5.74) is 2.40. The van der Waals surface area contributed by atoms with Gasteiger partial charge in [0, 0.05) is 30.3 Å². The van der Waals surface area contributed by atoms with Crippen molar-refractivity contribution in [1.29, 1.82) is 0 Å². The van der Waals surface area contributed by atoms with Gasteiger partial charge in [-0.1, -0.05) is 0 Å². The molecule has 4 aromatic rings. The molecule has 1 saturated heterocycles. The maximum absolute atomic E-state index is 12.7. The summed E-state index contributed by atoms with van der Waals surface area (Å²) in [6.07, 6.45) is 3.15. The molecule has 0 aliphatic carbocycles. The number of carbonyl (C=O) groups excluding carboxylic acids is 1. The number of rotatable bonds is 4. The molecular formula is C20H21N9O. The van der Waals surface area contributed by atoms with E-state index in [1.165, 1.54) is 0 Å². The number of hydrogen-bond acceptors (Lipinski definition) is 7. The Morgan fingerprint density at radius 2 is 1.93 bits per heavy atom. The smallest absolute Gasteiger partial charge is 0.227 e. The van der Waals surface area contributed by atoms with Crippen molar-refractivity contribution in [1.82, 2.24) is 35.0 Å². The standard InChI is InChI=1S/C20H21N9O/c1-13-22-19(26-24-13)14-2-4-16(5-3-14)23-20(30)15-8-10-28(11-9-15)18-7-6-17-25-21-12-29(17)27-18/h2-7,12,15H,8-11H2,1H3,(H,23,30)(H,22,24,26). The van der Waals surface area contributed by atoms with Crippen LogP contribution in [0.3, 0.4) is 0 Å². The summed E-state index contributed by atoms with van der Waals surface area (Å²) >= 11 is 0. The number of nitrogens with zero attached hydrogens (tertiary/aromatic N) is 7. The molecule has 0 bridgehead atoms. The molecule has 4 heterocycles. The van der Waals surface area contributed by atoms with Crippen LogP contribution in [0.25, 0.3) is 17.0 Å².